The predicted molar refractivity (Wildman–Crippen MR) is 239 cm³/mol. The summed E-state index contributed by atoms with van der Waals surface area (Å²) in [6.07, 6.45) is 0. The van der Waals surface area contributed by atoms with Crippen molar-refractivity contribution >= 4 is 68.2 Å². The quantitative estimate of drug-likeness (QED) is 0.179. The van der Waals surface area contributed by atoms with E-state index in [1.165, 1.54) is 88.5 Å². The van der Waals surface area contributed by atoms with Crippen molar-refractivity contribution in [3.8, 4) is 33.4 Å². The van der Waals surface area contributed by atoms with Crippen molar-refractivity contribution in [1.29, 1.82) is 0 Å². The van der Waals surface area contributed by atoms with Gasteiger partial charge in [0.1, 0.15) is 0 Å². The zero-order chi connectivity index (χ0) is 37.4. The predicted octanol–water partition coefficient (Wildman–Crippen LogP) is 12.8. The number of rotatable bonds is 5. The molecule has 0 fully saturated rings. The Kier molecular flexibility index (Phi) is 7.34. The maximum Gasteiger partial charge on any atom is 0.197 e. The highest BCUT2D eigenvalue weighted by molar-refractivity contribution is 6.74. The molecule has 0 saturated carbocycles. The van der Waals surface area contributed by atoms with Crippen LogP contribution in [0.4, 0.5) is 28.4 Å². The Morgan fingerprint density at radius 2 is 1.09 bits per heavy atom. The standard InChI is InChI=1S/C53H38BN2/c1-53(2)45-22-13-23-47-52(45)56(49-33-38-19-10-9-18-37(38)31-46(49)53)51-42-21-12-11-20-40(42)30-44(50(51)54-47)43-29-26-39(35-16-7-4-8-17-35)32-48(43)55-41-27-24-36(25-28-41)34-14-5-3-6-15-34/h3-33,55H,1-2H3. The third-order valence-corrected chi connectivity index (χ3v) is 12.0. The summed E-state index contributed by atoms with van der Waals surface area (Å²) >= 11 is 0. The Morgan fingerprint density at radius 3 is 1.84 bits per heavy atom. The minimum absolute atomic E-state index is 0.180. The van der Waals surface area contributed by atoms with Crippen LogP contribution in [0.2, 0.25) is 0 Å². The van der Waals surface area contributed by atoms with Gasteiger partial charge >= 0.3 is 0 Å². The van der Waals surface area contributed by atoms with Gasteiger partial charge in [-0.2, -0.15) is 0 Å². The Bertz CT molecular complexity index is 2990. The summed E-state index contributed by atoms with van der Waals surface area (Å²) in [5.74, 6) is 0. The molecule has 2 nitrogen and oxygen atoms in total. The van der Waals surface area contributed by atoms with E-state index in [1.807, 2.05) is 0 Å². The first-order chi connectivity index (χ1) is 27.5. The van der Waals surface area contributed by atoms with E-state index in [0.29, 0.717) is 0 Å². The van der Waals surface area contributed by atoms with Crippen LogP contribution in [-0.2, 0) is 5.41 Å². The molecule has 263 valence electrons. The number of hydrogen-bond donors (Lipinski definition) is 1. The zero-order valence-corrected chi connectivity index (χ0v) is 31.4. The van der Waals surface area contributed by atoms with E-state index in [9.17, 15) is 0 Å². The van der Waals surface area contributed by atoms with E-state index in [-0.39, 0.29) is 5.41 Å². The molecule has 0 spiro atoms. The number of hydrogen-bond acceptors (Lipinski definition) is 2. The van der Waals surface area contributed by atoms with E-state index in [1.54, 1.807) is 0 Å². The average Bonchev–Trinajstić information content (AvgIpc) is 3.25. The highest BCUT2D eigenvalue weighted by Gasteiger charge is 2.42. The van der Waals surface area contributed by atoms with E-state index < -0.39 is 0 Å². The van der Waals surface area contributed by atoms with Crippen molar-refractivity contribution in [3.63, 3.8) is 0 Å². The summed E-state index contributed by atoms with van der Waals surface area (Å²) in [7, 11) is 2.44. The van der Waals surface area contributed by atoms with Crippen LogP contribution in [0.15, 0.2) is 188 Å². The van der Waals surface area contributed by atoms with Crippen molar-refractivity contribution in [2.24, 2.45) is 0 Å². The van der Waals surface area contributed by atoms with Crippen LogP contribution in [-0.4, -0.2) is 7.28 Å². The van der Waals surface area contributed by atoms with Crippen LogP contribution in [0.25, 0.3) is 54.9 Å². The summed E-state index contributed by atoms with van der Waals surface area (Å²) < 4.78 is 0. The molecule has 0 aliphatic carbocycles. The van der Waals surface area contributed by atoms with Crippen LogP contribution < -0.4 is 21.1 Å². The lowest BCUT2D eigenvalue weighted by Crippen LogP contribution is -2.45. The first kappa shape index (κ1) is 32.6. The van der Waals surface area contributed by atoms with Crippen molar-refractivity contribution in [2.75, 3.05) is 10.2 Å². The van der Waals surface area contributed by atoms with Crippen LogP contribution in [0.3, 0.4) is 0 Å². The summed E-state index contributed by atoms with van der Waals surface area (Å²) in [6, 6.07) is 68.8. The molecule has 2 heterocycles. The van der Waals surface area contributed by atoms with E-state index >= 15 is 0 Å². The minimum atomic E-state index is -0.180. The minimum Gasteiger partial charge on any atom is -0.355 e. The number of nitrogens with zero attached hydrogens (tertiary/aromatic N) is 1. The normalized spacial score (nSPS) is 13.4. The molecule has 0 unspecified atom stereocenters. The SMILES string of the molecule is CC1(C)c2cc3ccccc3cc2N2c3c(cccc31)[B]c1c(-c3ccc(-c4ccccc4)cc3Nc3ccc(-c4ccccc4)cc3)cc3ccccc3c12. The van der Waals surface area contributed by atoms with Gasteiger partial charge in [-0.25, -0.2) is 0 Å². The number of nitrogens with one attached hydrogen (secondary N) is 1. The molecular weight excluding hydrogens is 675 g/mol. The van der Waals surface area contributed by atoms with Crippen molar-refractivity contribution in [3.05, 3.63) is 199 Å². The first-order valence-electron chi connectivity index (χ1n) is 19.5. The van der Waals surface area contributed by atoms with E-state index in [2.05, 4.69) is 219 Å². The second kappa shape index (κ2) is 12.6. The second-order valence-electron chi connectivity index (χ2n) is 15.7. The third kappa shape index (κ3) is 5.12. The average molecular weight is 714 g/mol. The molecule has 11 rings (SSSR count). The van der Waals surface area contributed by atoms with Crippen LogP contribution in [0.5, 0.6) is 0 Å². The van der Waals surface area contributed by atoms with Gasteiger partial charge < -0.3 is 10.2 Å². The van der Waals surface area contributed by atoms with Gasteiger partial charge in [-0.05, 0) is 97.0 Å². The molecule has 9 aromatic carbocycles. The highest BCUT2D eigenvalue weighted by atomic mass is 15.2. The molecule has 0 aromatic heterocycles. The molecule has 56 heavy (non-hydrogen) atoms. The maximum absolute atomic E-state index is 3.90. The molecular formula is C53H38BN2. The Balaban J connectivity index is 1.15. The summed E-state index contributed by atoms with van der Waals surface area (Å²) in [5.41, 5.74) is 18.0. The van der Waals surface area contributed by atoms with Crippen LogP contribution in [0.1, 0.15) is 25.0 Å². The van der Waals surface area contributed by atoms with Crippen molar-refractivity contribution < 1.29 is 0 Å². The fourth-order valence-electron chi connectivity index (χ4n) is 9.18. The Hall–Kier alpha value is -6.84. The number of fused-ring (bicyclic) bond motifs is 7. The van der Waals surface area contributed by atoms with Gasteiger partial charge in [-0.15, -0.1) is 0 Å². The third-order valence-electron chi connectivity index (χ3n) is 12.0. The molecule has 0 amide bonds. The summed E-state index contributed by atoms with van der Waals surface area (Å²) in [4.78, 5) is 2.59. The summed E-state index contributed by atoms with van der Waals surface area (Å²) in [5, 5.41) is 8.88. The molecule has 0 saturated heterocycles. The summed E-state index contributed by atoms with van der Waals surface area (Å²) in [6.45, 7) is 4.77. The Morgan fingerprint density at radius 1 is 0.464 bits per heavy atom. The molecule has 0 atom stereocenters. The number of benzene rings is 9. The molecule has 2 aliphatic heterocycles. The fourth-order valence-corrected chi connectivity index (χ4v) is 9.18. The highest BCUT2D eigenvalue weighted by Crippen LogP contribution is 2.54. The van der Waals surface area contributed by atoms with Gasteiger partial charge in [-0.1, -0.05) is 171 Å². The first-order valence-corrected chi connectivity index (χ1v) is 19.5. The molecule has 1 radical (unpaired) electrons. The second-order valence-corrected chi connectivity index (χ2v) is 15.7. The number of para-hydroxylation sites is 1. The molecule has 2 aliphatic rings. The van der Waals surface area contributed by atoms with E-state index in [0.717, 1.165) is 16.9 Å². The Labute approximate surface area is 329 Å². The molecule has 0 bridgehead atoms. The monoisotopic (exact) mass is 713 g/mol. The maximum atomic E-state index is 3.90. The lowest BCUT2D eigenvalue weighted by molar-refractivity contribution is 0.633. The fraction of sp³-hybridized carbons (Fsp3) is 0.0566. The smallest absolute Gasteiger partial charge is 0.197 e. The lowest BCUT2D eigenvalue weighted by atomic mass is 9.55. The van der Waals surface area contributed by atoms with Crippen molar-refractivity contribution in [2.45, 2.75) is 19.3 Å². The van der Waals surface area contributed by atoms with Gasteiger partial charge in [-0.3, -0.25) is 0 Å². The molecule has 3 heteroatoms. The van der Waals surface area contributed by atoms with Gasteiger partial charge in [0.15, 0.2) is 7.28 Å². The topological polar surface area (TPSA) is 15.3 Å². The van der Waals surface area contributed by atoms with Crippen LogP contribution >= 0.6 is 0 Å². The van der Waals surface area contributed by atoms with Crippen LogP contribution in [0, 0.1) is 0 Å². The zero-order valence-electron chi connectivity index (χ0n) is 31.4. The van der Waals surface area contributed by atoms with Gasteiger partial charge in [0.25, 0.3) is 0 Å². The largest absolute Gasteiger partial charge is 0.355 e. The van der Waals surface area contributed by atoms with E-state index in [4.69, 9.17) is 0 Å². The number of anilines is 5. The van der Waals surface area contributed by atoms with Gasteiger partial charge in [0, 0.05) is 39.1 Å². The lowest BCUT2D eigenvalue weighted by Gasteiger charge is -2.46. The van der Waals surface area contributed by atoms with Gasteiger partial charge in [0.2, 0.25) is 0 Å². The van der Waals surface area contributed by atoms with Crippen molar-refractivity contribution in [1.82, 2.24) is 0 Å². The molecule has 9 aromatic rings. The molecule has 1 N–H and O–H groups in total. The van der Waals surface area contributed by atoms with Gasteiger partial charge in [0.05, 0.1) is 5.69 Å².